The molecule has 27 heavy (non-hydrogen) atoms. The first kappa shape index (κ1) is 22.3. The van der Waals surface area contributed by atoms with E-state index >= 15 is 0 Å². The van der Waals surface area contributed by atoms with E-state index in [0.717, 1.165) is 25.9 Å². The molecule has 1 aromatic carbocycles. The Hall–Kier alpha value is -1.02. The maximum atomic E-state index is 12.2. The number of carbonyl (C=O) groups excluding carboxylic acids is 1. The molecule has 0 saturated carbocycles. The zero-order valence-corrected chi connectivity index (χ0v) is 17.8. The highest BCUT2D eigenvalue weighted by Gasteiger charge is 2.43. The van der Waals surface area contributed by atoms with Gasteiger partial charge in [0.25, 0.3) is 0 Å². The highest BCUT2D eigenvalue weighted by Crippen LogP contribution is 2.28. The molecule has 0 aromatic heterocycles. The molecule has 1 heterocycles. The van der Waals surface area contributed by atoms with Crippen LogP contribution in [0.4, 0.5) is 0 Å². The topological polar surface area (TPSA) is 72.9 Å². The van der Waals surface area contributed by atoms with Crippen molar-refractivity contribution in [3.63, 3.8) is 0 Å². The van der Waals surface area contributed by atoms with Crippen LogP contribution in [-0.4, -0.2) is 62.6 Å². The molecule has 0 aliphatic carbocycles. The van der Waals surface area contributed by atoms with Gasteiger partial charge in [-0.3, -0.25) is 4.90 Å². The molecular weight excluding hydrogens is 413 g/mol. The van der Waals surface area contributed by atoms with Gasteiger partial charge in [0, 0.05) is 5.02 Å². The van der Waals surface area contributed by atoms with Crippen LogP contribution in [0.15, 0.2) is 18.2 Å². The molecule has 2 rings (SSSR count). The largest absolute Gasteiger partial charge is 0.480 e. The van der Waals surface area contributed by atoms with Gasteiger partial charge in [-0.25, -0.2) is 13.2 Å². The first-order valence-corrected chi connectivity index (χ1v) is 11.5. The van der Waals surface area contributed by atoms with Crippen molar-refractivity contribution in [1.82, 2.24) is 4.90 Å². The van der Waals surface area contributed by atoms with Crippen LogP contribution in [-0.2, 0) is 19.4 Å². The second-order valence-electron chi connectivity index (χ2n) is 6.57. The Balaban J connectivity index is 2.00. The monoisotopic (exact) mass is 437 g/mol. The van der Waals surface area contributed by atoms with Crippen LogP contribution >= 0.6 is 23.2 Å². The average molecular weight is 438 g/mol. The summed E-state index contributed by atoms with van der Waals surface area (Å²) >= 11 is 11.8. The predicted molar refractivity (Wildman–Crippen MR) is 106 cm³/mol. The van der Waals surface area contributed by atoms with Gasteiger partial charge < -0.3 is 9.47 Å². The first-order valence-electron chi connectivity index (χ1n) is 8.97. The minimum Gasteiger partial charge on any atom is -0.480 e. The van der Waals surface area contributed by atoms with E-state index in [0.29, 0.717) is 10.8 Å². The van der Waals surface area contributed by atoms with Crippen LogP contribution in [0.3, 0.4) is 0 Å². The van der Waals surface area contributed by atoms with Crippen LogP contribution < -0.4 is 4.74 Å². The number of rotatable bonds is 9. The number of hydrogen-bond acceptors (Lipinski definition) is 6. The highest BCUT2D eigenvalue weighted by molar-refractivity contribution is 7.91. The number of nitrogens with zero attached hydrogens (tertiary/aromatic N) is 1. The smallest absolute Gasteiger partial charge is 0.344 e. The van der Waals surface area contributed by atoms with E-state index in [4.69, 9.17) is 32.7 Å². The molecule has 2 atom stereocenters. The fraction of sp³-hybridized carbons (Fsp3) is 0.611. The lowest BCUT2D eigenvalue weighted by atomic mass is 10.1. The van der Waals surface area contributed by atoms with Crippen molar-refractivity contribution in [3.8, 4) is 5.75 Å². The lowest BCUT2D eigenvalue weighted by molar-refractivity contribution is -0.152. The van der Waals surface area contributed by atoms with Crippen molar-refractivity contribution in [2.45, 2.75) is 38.8 Å². The van der Waals surface area contributed by atoms with Crippen molar-refractivity contribution >= 4 is 39.0 Å². The van der Waals surface area contributed by atoms with Gasteiger partial charge in [-0.15, -0.1) is 0 Å². The highest BCUT2D eigenvalue weighted by atomic mass is 35.5. The van der Waals surface area contributed by atoms with Crippen LogP contribution in [0.1, 0.15) is 26.7 Å². The Bertz CT molecular complexity index is 750. The van der Waals surface area contributed by atoms with E-state index < -0.39 is 21.9 Å². The standard InChI is InChI=1S/C18H25Cl2NO5S/c1-3-7-21(8-4-2)15-11-27(23,24)12-17(15)26-18(22)10-25-16-6-5-13(19)9-14(16)20/h5-6,9,15,17H,3-4,7-8,10-12H2,1-2H3. The molecule has 2 unspecified atom stereocenters. The average Bonchev–Trinajstić information content (AvgIpc) is 2.88. The Labute approximate surface area is 170 Å². The number of hydrogen-bond donors (Lipinski definition) is 0. The quantitative estimate of drug-likeness (QED) is 0.552. The van der Waals surface area contributed by atoms with Crippen LogP contribution in [0.2, 0.25) is 10.0 Å². The molecule has 0 spiro atoms. The molecule has 0 N–H and O–H groups in total. The fourth-order valence-electron chi connectivity index (χ4n) is 3.20. The number of halogens is 2. The first-order chi connectivity index (χ1) is 12.8. The SMILES string of the molecule is CCCN(CCC)C1CS(=O)(=O)CC1OC(=O)COc1ccc(Cl)cc1Cl. The number of benzene rings is 1. The summed E-state index contributed by atoms with van der Waals surface area (Å²) in [5.74, 6) is -0.461. The zero-order valence-electron chi connectivity index (χ0n) is 15.5. The molecule has 0 amide bonds. The van der Waals surface area contributed by atoms with Crippen molar-refractivity contribution < 1.29 is 22.7 Å². The summed E-state index contributed by atoms with van der Waals surface area (Å²) in [5, 5.41) is 0.745. The maximum absolute atomic E-state index is 12.2. The van der Waals surface area contributed by atoms with Gasteiger partial charge in [0.2, 0.25) is 0 Å². The molecule has 1 fully saturated rings. The molecule has 1 aromatic rings. The Morgan fingerprint density at radius 1 is 1.19 bits per heavy atom. The van der Waals surface area contributed by atoms with E-state index in [2.05, 4.69) is 4.90 Å². The summed E-state index contributed by atoms with van der Waals surface area (Å²) in [6, 6.07) is 4.35. The number of ether oxygens (including phenoxy) is 2. The Morgan fingerprint density at radius 2 is 1.85 bits per heavy atom. The van der Waals surface area contributed by atoms with E-state index in [9.17, 15) is 13.2 Å². The van der Waals surface area contributed by atoms with Crippen LogP contribution in [0.25, 0.3) is 0 Å². The normalized spacial score (nSPS) is 21.4. The molecule has 0 bridgehead atoms. The third-order valence-electron chi connectivity index (χ3n) is 4.28. The van der Waals surface area contributed by atoms with Crippen LogP contribution in [0.5, 0.6) is 5.75 Å². The van der Waals surface area contributed by atoms with Crippen molar-refractivity contribution in [2.75, 3.05) is 31.2 Å². The Kier molecular flexibility index (Phi) is 8.21. The lowest BCUT2D eigenvalue weighted by Gasteiger charge is -2.31. The van der Waals surface area contributed by atoms with E-state index in [1.165, 1.54) is 6.07 Å². The molecule has 6 nitrogen and oxygen atoms in total. The minimum atomic E-state index is -3.25. The zero-order chi connectivity index (χ0) is 20.0. The number of carbonyl (C=O) groups is 1. The summed E-state index contributed by atoms with van der Waals surface area (Å²) in [5.41, 5.74) is 0. The van der Waals surface area contributed by atoms with Gasteiger partial charge in [0.05, 0.1) is 22.6 Å². The number of esters is 1. The van der Waals surface area contributed by atoms with E-state index in [1.807, 2.05) is 13.8 Å². The van der Waals surface area contributed by atoms with E-state index in [1.54, 1.807) is 12.1 Å². The van der Waals surface area contributed by atoms with E-state index in [-0.39, 0.29) is 29.2 Å². The number of sulfone groups is 1. The van der Waals surface area contributed by atoms with Gasteiger partial charge in [-0.05, 0) is 44.1 Å². The molecular formula is C18H25Cl2NO5S. The molecule has 1 aliphatic heterocycles. The van der Waals surface area contributed by atoms with Crippen molar-refractivity contribution in [2.24, 2.45) is 0 Å². The predicted octanol–water partition coefficient (Wildman–Crippen LogP) is 3.20. The second-order valence-corrected chi connectivity index (χ2v) is 9.57. The van der Waals surface area contributed by atoms with Crippen LogP contribution in [0, 0.1) is 0 Å². The van der Waals surface area contributed by atoms with Gasteiger partial charge in [0.15, 0.2) is 16.4 Å². The third kappa shape index (κ3) is 6.52. The molecule has 1 aliphatic rings. The minimum absolute atomic E-state index is 0.00875. The second kappa shape index (κ2) is 9.96. The summed E-state index contributed by atoms with van der Waals surface area (Å²) in [6.07, 6.45) is 1.11. The molecule has 0 radical (unpaired) electrons. The fourth-order valence-corrected chi connectivity index (χ4v) is 5.54. The van der Waals surface area contributed by atoms with Gasteiger partial charge in [0.1, 0.15) is 11.9 Å². The summed E-state index contributed by atoms with van der Waals surface area (Å²) in [6.45, 7) is 5.25. The third-order valence-corrected chi connectivity index (χ3v) is 6.50. The van der Waals surface area contributed by atoms with Crippen molar-refractivity contribution in [3.05, 3.63) is 28.2 Å². The Morgan fingerprint density at radius 3 is 2.44 bits per heavy atom. The maximum Gasteiger partial charge on any atom is 0.344 e. The van der Waals surface area contributed by atoms with Gasteiger partial charge >= 0.3 is 5.97 Å². The molecule has 152 valence electrons. The lowest BCUT2D eigenvalue weighted by Crippen LogP contribution is -2.46. The van der Waals surface area contributed by atoms with Gasteiger partial charge in [-0.1, -0.05) is 37.0 Å². The summed E-state index contributed by atoms with van der Waals surface area (Å²) < 4.78 is 35.1. The van der Waals surface area contributed by atoms with Crippen molar-refractivity contribution in [1.29, 1.82) is 0 Å². The molecule has 1 saturated heterocycles. The summed E-state index contributed by atoms with van der Waals surface area (Å²) in [7, 11) is -3.25. The van der Waals surface area contributed by atoms with Gasteiger partial charge in [-0.2, -0.15) is 0 Å². The summed E-state index contributed by atoms with van der Waals surface area (Å²) in [4.78, 5) is 14.3. The molecule has 9 heteroatoms.